The molecule has 8 nitrogen and oxygen atoms in total. The van der Waals surface area contributed by atoms with Gasteiger partial charge in [0.15, 0.2) is 0 Å². The van der Waals surface area contributed by atoms with Crippen LogP contribution >= 0.6 is 0 Å². The van der Waals surface area contributed by atoms with Gasteiger partial charge in [-0.05, 0) is 51.4 Å². The van der Waals surface area contributed by atoms with Crippen molar-refractivity contribution in [2.24, 2.45) is 0 Å². The third-order valence-electron chi connectivity index (χ3n) is 6.32. The number of likely N-dealkylation sites (N-methyl/N-ethyl adjacent to an activating group) is 1. The van der Waals surface area contributed by atoms with Gasteiger partial charge in [-0.1, -0.05) is 0 Å². The van der Waals surface area contributed by atoms with Gasteiger partial charge >= 0.3 is 0 Å². The maximum absolute atomic E-state index is 12.8. The van der Waals surface area contributed by atoms with E-state index in [0.717, 1.165) is 65.1 Å². The molecule has 2 aliphatic heterocycles. The highest BCUT2D eigenvalue weighted by atomic mass is 16.5. The summed E-state index contributed by atoms with van der Waals surface area (Å²) < 4.78 is 6.30. The second-order valence-corrected chi connectivity index (χ2v) is 8.61. The Morgan fingerprint density at radius 1 is 1.16 bits per heavy atom. The summed E-state index contributed by atoms with van der Waals surface area (Å²) in [7, 11) is 2.02. The first-order valence-corrected chi connectivity index (χ1v) is 11.2. The van der Waals surface area contributed by atoms with Crippen LogP contribution in [0.4, 0.5) is 5.69 Å². The molecular weight excluding hydrogens is 404 g/mol. The van der Waals surface area contributed by atoms with Gasteiger partial charge in [-0.2, -0.15) is 0 Å². The van der Waals surface area contributed by atoms with Gasteiger partial charge in [0, 0.05) is 48.0 Å². The number of aromatic nitrogens is 3. The van der Waals surface area contributed by atoms with E-state index in [9.17, 15) is 4.79 Å². The number of piperidine rings is 1. The normalized spacial score (nSPS) is 22.0. The van der Waals surface area contributed by atoms with Crippen molar-refractivity contribution in [3.8, 4) is 16.9 Å². The number of benzene rings is 1. The van der Waals surface area contributed by atoms with Crippen molar-refractivity contribution < 1.29 is 9.53 Å². The highest BCUT2D eigenvalue weighted by molar-refractivity contribution is 5.94. The van der Waals surface area contributed by atoms with E-state index in [-0.39, 0.29) is 18.0 Å². The molecule has 1 fully saturated rings. The number of aryl methyl sites for hydroxylation is 1. The number of pyridine rings is 1. The van der Waals surface area contributed by atoms with Gasteiger partial charge in [-0.3, -0.25) is 14.7 Å². The molecule has 5 rings (SSSR count). The number of rotatable bonds is 1. The molecule has 2 N–H and O–H groups in total. The predicted molar refractivity (Wildman–Crippen MR) is 124 cm³/mol. The highest BCUT2D eigenvalue weighted by Gasteiger charge is 2.31. The zero-order valence-corrected chi connectivity index (χ0v) is 18.5. The number of anilines is 1. The Kier molecular flexibility index (Phi) is 5.61. The van der Waals surface area contributed by atoms with Gasteiger partial charge < -0.3 is 15.4 Å². The summed E-state index contributed by atoms with van der Waals surface area (Å²) in [5.41, 5.74) is 3.65. The summed E-state index contributed by atoms with van der Waals surface area (Å²) in [5, 5.41) is 7.65. The molecule has 8 heteroatoms. The average Bonchev–Trinajstić information content (AvgIpc) is 2.80. The van der Waals surface area contributed by atoms with Gasteiger partial charge in [-0.15, -0.1) is 0 Å². The van der Waals surface area contributed by atoms with Crippen LogP contribution in [0.15, 0.2) is 36.8 Å². The number of nitrogens with one attached hydrogen (secondary N) is 2. The van der Waals surface area contributed by atoms with Gasteiger partial charge in [0.2, 0.25) is 5.91 Å². The Hall–Kier alpha value is -3.26. The zero-order chi connectivity index (χ0) is 22.1. The summed E-state index contributed by atoms with van der Waals surface area (Å²) >= 11 is 0. The van der Waals surface area contributed by atoms with E-state index in [1.807, 2.05) is 44.7 Å². The second kappa shape index (κ2) is 8.70. The molecule has 0 spiro atoms. The Labute approximate surface area is 187 Å². The van der Waals surface area contributed by atoms with Crippen molar-refractivity contribution in [1.82, 2.24) is 25.2 Å². The Morgan fingerprint density at radius 2 is 2.00 bits per heavy atom. The Morgan fingerprint density at radius 3 is 2.84 bits per heavy atom. The van der Waals surface area contributed by atoms with Crippen molar-refractivity contribution >= 4 is 22.5 Å². The topological polar surface area (TPSA) is 92.3 Å². The first-order chi connectivity index (χ1) is 15.6. The Balaban J connectivity index is 1.57. The van der Waals surface area contributed by atoms with E-state index in [1.165, 1.54) is 0 Å². The molecule has 1 amide bonds. The molecular formula is C24H28N6O2. The summed E-state index contributed by atoms with van der Waals surface area (Å²) in [6, 6.07) is 6.22. The standard InChI is InChI=1S/C24H28N6O2/c1-15-26-12-16(13-27-15)19-4-5-21-20-10-18(14-28-21)29-17-6-8-30(2)22(11-17)24(31)25-7-3-9-32-23(19)20/h4-5,10,12-14,17,22,29H,3,6-9,11H2,1-2H3,(H,25,31)/t17-,22-/m0/s1. The average molecular weight is 433 g/mol. The van der Waals surface area contributed by atoms with Gasteiger partial charge in [-0.25, -0.2) is 9.97 Å². The fraction of sp³-hybridized carbons (Fsp3) is 0.417. The fourth-order valence-electron chi connectivity index (χ4n) is 4.50. The van der Waals surface area contributed by atoms with Crippen LogP contribution in [0, 0.1) is 6.92 Å². The molecule has 3 aromatic rings. The third kappa shape index (κ3) is 4.10. The molecule has 0 radical (unpaired) electrons. The van der Waals surface area contributed by atoms with E-state index in [1.54, 1.807) is 0 Å². The highest BCUT2D eigenvalue weighted by Crippen LogP contribution is 2.37. The van der Waals surface area contributed by atoms with E-state index in [0.29, 0.717) is 13.2 Å². The molecule has 2 aromatic heterocycles. The minimum Gasteiger partial charge on any atom is -0.492 e. The molecule has 1 saturated heterocycles. The van der Waals surface area contributed by atoms with Gasteiger partial charge in [0.1, 0.15) is 11.6 Å². The molecule has 4 heterocycles. The van der Waals surface area contributed by atoms with Crippen molar-refractivity contribution in [1.29, 1.82) is 0 Å². The number of hydrogen-bond acceptors (Lipinski definition) is 7. The van der Waals surface area contributed by atoms with Crippen molar-refractivity contribution in [3.05, 3.63) is 42.6 Å². The van der Waals surface area contributed by atoms with Crippen LogP contribution in [0.1, 0.15) is 25.1 Å². The minimum atomic E-state index is -0.123. The van der Waals surface area contributed by atoms with Gasteiger partial charge in [0.25, 0.3) is 0 Å². The molecule has 0 aliphatic carbocycles. The molecule has 0 saturated carbocycles. The summed E-state index contributed by atoms with van der Waals surface area (Å²) in [6.07, 6.45) is 7.97. The second-order valence-electron chi connectivity index (χ2n) is 8.61. The van der Waals surface area contributed by atoms with Crippen LogP contribution in [-0.2, 0) is 4.79 Å². The summed E-state index contributed by atoms with van der Waals surface area (Å²) in [6.45, 7) is 3.82. The van der Waals surface area contributed by atoms with Crippen molar-refractivity contribution in [2.75, 3.05) is 32.1 Å². The quantitative estimate of drug-likeness (QED) is 0.611. The lowest BCUT2D eigenvalue weighted by molar-refractivity contribution is -0.127. The number of carbonyl (C=O) groups is 1. The van der Waals surface area contributed by atoms with E-state index >= 15 is 0 Å². The molecule has 2 aliphatic rings. The number of nitrogens with zero attached hydrogens (tertiary/aromatic N) is 4. The van der Waals surface area contributed by atoms with Crippen LogP contribution < -0.4 is 15.4 Å². The number of fused-ring (bicyclic) bond motifs is 3. The summed E-state index contributed by atoms with van der Waals surface area (Å²) in [4.78, 5) is 28.3. The largest absolute Gasteiger partial charge is 0.492 e. The predicted octanol–water partition coefficient (Wildman–Crippen LogP) is 2.77. The monoisotopic (exact) mass is 432 g/mol. The number of amides is 1. The number of ether oxygens (including phenoxy) is 1. The van der Waals surface area contributed by atoms with Gasteiger partial charge in [0.05, 0.1) is 30.0 Å². The van der Waals surface area contributed by atoms with Crippen LogP contribution in [0.25, 0.3) is 22.0 Å². The molecule has 166 valence electrons. The lowest BCUT2D eigenvalue weighted by atomic mass is 9.96. The smallest absolute Gasteiger partial charge is 0.237 e. The third-order valence-corrected chi connectivity index (χ3v) is 6.32. The molecule has 32 heavy (non-hydrogen) atoms. The lowest BCUT2D eigenvalue weighted by Gasteiger charge is -2.37. The zero-order valence-electron chi connectivity index (χ0n) is 18.5. The SMILES string of the molecule is Cc1ncc(-c2ccc3ncc4cc3c2OCCCNC(=O)[C@@H]2C[C@H](CCN2C)N4)cn1. The molecule has 0 unspecified atom stereocenters. The maximum atomic E-state index is 12.8. The minimum absolute atomic E-state index is 0.0857. The van der Waals surface area contributed by atoms with E-state index in [4.69, 9.17) is 4.74 Å². The Bertz CT molecular complexity index is 1130. The number of likely N-dealkylation sites (tertiary alicyclic amines) is 1. The van der Waals surface area contributed by atoms with Crippen molar-refractivity contribution in [2.45, 2.75) is 38.3 Å². The molecule has 2 atom stereocenters. The van der Waals surface area contributed by atoms with E-state index < -0.39 is 0 Å². The first-order valence-electron chi connectivity index (χ1n) is 11.2. The van der Waals surface area contributed by atoms with Crippen LogP contribution in [0.3, 0.4) is 0 Å². The van der Waals surface area contributed by atoms with Crippen LogP contribution in [-0.4, -0.2) is 64.6 Å². The van der Waals surface area contributed by atoms with Crippen LogP contribution in [0.5, 0.6) is 5.75 Å². The van der Waals surface area contributed by atoms with E-state index in [2.05, 4.69) is 36.6 Å². The number of hydrogen-bond donors (Lipinski definition) is 2. The molecule has 4 bridgehead atoms. The molecule has 1 aromatic carbocycles. The first kappa shape index (κ1) is 20.6. The number of carbonyl (C=O) groups excluding carboxylic acids is 1. The maximum Gasteiger partial charge on any atom is 0.237 e. The van der Waals surface area contributed by atoms with Crippen molar-refractivity contribution in [3.63, 3.8) is 0 Å². The fourth-order valence-corrected chi connectivity index (χ4v) is 4.50. The van der Waals surface area contributed by atoms with Crippen LogP contribution in [0.2, 0.25) is 0 Å². The summed E-state index contributed by atoms with van der Waals surface area (Å²) in [5.74, 6) is 1.59. The lowest BCUT2D eigenvalue weighted by Crippen LogP contribution is -2.52.